The minimum Gasteiger partial charge on any atom is -0.872 e. The third-order valence-electron chi connectivity index (χ3n) is 16.2. The number of aromatic amines is 2. The van der Waals surface area contributed by atoms with Crippen LogP contribution in [0.25, 0.3) is 113 Å². The van der Waals surface area contributed by atoms with Gasteiger partial charge in [-0.05, 0) is 140 Å². The molecule has 2 aliphatic rings. The molecule has 15 aromatic rings. The standard InChI is InChI=1S/C39H24N2.2C17H11NOS.Be/c1-24-15-17-34-29(19-24)31-22-38-32(28-12-6-8-14-37(28)41(38)26-9-3-2-4-10-26)21-36(31)39(34)33-13-7-5-11-27(33)30-20-25(23-40)16-18-35(30)39;2*19-15-10-12-6-2-1-5-11(12)9-13(15)17-18-14-7-3-4-8-16(14)20-17;/h2-22H,1H3;2*1-10,19H;/q;;;+2. The van der Waals surface area contributed by atoms with Crippen LogP contribution in [0, 0.1) is 18.3 Å². The molecule has 0 fully saturated rings. The van der Waals surface area contributed by atoms with Crippen LogP contribution in [-0.2, 0) is 5.41 Å². The van der Waals surface area contributed by atoms with Crippen molar-refractivity contribution in [2.45, 2.75) is 12.3 Å². The number of aromatic nitrogens is 3. The average Bonchev–Trinajstić information content (AvgIpc) is 2.84. The third kappa shape index (κ3) is 8.01. The summed E-state index contributed by atoms with van der Waals surface area (Å²) in [5, 5.41) is 42.9. The maximum atomic E-state index is 12.3. The summed E-state index contributed by atoms with van der Waals surface area (Å²) in [6.45, 7) is 2.18. The van der Waals surface area contributed by atoms with Crippen molar-refractivity contribution < 1.29 is 20.2 Å². The van der Waals surface area contributed by atoms with E-state index in [1.165, 1.54) is 66.3 Å². The van der Waals surface area contributed by atoms with E-state index in [2.05, 4.69) is 161 Å². The summed E-state index contributed by atoms with van der Waals surface area (Å²) in [5.74, 6) is 0.123. The molecule has 2 aliphatic carbocycles. The fraction of sp³-hybridized carbons (Fsp3) is 0.0274. The Morgan fingerprint density at radius 2 is 0.915 bits per heavy atom. The van der Waals surface area contributed by atoms with Gasteiger partial charge in [-0.3, -0.25) is 0 Å². The molecule has 3 heterocycles. The van der Waals surface area contributed by atoms with Crippen LogP contribution in [0.5, 0.6) is 11.5 Å². The number of para-hydroxylation sites is 4. The van der Waals surface area contributed by atoms with E-state index in [0.29, 0.717) is 5.56 Å². The number of hydrogen-bond donors (Lipinski definition) is 0. The van der Waals surface area contributed by atoms with Crippen molar-refractivity contribution in [2.75, 3.05) is 0 Å². The third-order valence-corrected chi connectivity index (χ3v) is 18.4. The summed E-state index contributed by atoms with van der Waals surface area (Å²) in [6, 6.07) is 88.1. The number of hydrogen-bond acceptors (Lipinski definition) is 5. The van der Waals surface area contributed by atoms with Crippen LogP contribution in [-0.4, -0.2) is 14.7 Å². The molecule has 6 nitrogen and oxygen atoms in total. The van der Waals surface area contributed by atoms with E-state index in [9.17, 15) is 15.5 Å². The van der Waals surface area contributed by atoms with E-state index >= 15 is 0 Å². The van der Waals surface area contributed by atoms with E-state index in [0.717, 1.165) is 74.4 Å². The van der Waals surface area contributed by atoms with Gasteiger partial charge < -0.3 is 14.8 Å². The van der Waals surface area contributed by atoms with Crippen molar-refractivity contribution in [3.8, 4) is 66.7 Å². The second-order valence-corrected chi connectivity index (χ2v) is 22.9. The molecule has 0 aliphatic heterocycles. The van der Waals surface area contributed by atoms with Crippen LogP contribution in [0.2, 0.25) is 0 Å². The van der Waals surface area contributed by atoms with Crippen molar-refractivity contribution in [3.63, 3.8) is 0 Å². The molecule has 1 unspecified atom stereocenters. The normalized spacial score (nSPS) is 13.5. The molecule has 0 bridgehead atoms. The first-order valence-electron chi connectivity index (χ1n) is 26.9. The minimum atomic E-state index is -0.442. The second-order valence-electron chi connectivity index (χ2n) is 20.8. The predicted octanol–water partition coefficient (Wildman–Crippen LogP) is 16.1. The van der Waals surface area contributed by atoms with Gasteiger partial charge in [0.2, 0.25) is 11.0 Å². The van der Waals surface area contributed by atoms with Gasteiger partial charge in [-0.1, -0.05) is 210 Å². The van der Waals surface area contributed by atoms with Gasteiger partial charge in [0.05, 0.1) is 39.2 Å². The van der Waals surface area contributed by atoms with Crippen LogP contribution in [0.15, 0.2) is 249 Å². The summed E-state index contributed by atoms with van der Waals surface area (Å²) in [4.78, 5) is 6.67. The Morgan fingerprint density at radius 3 is 1.54 bits per heavy atom. The van der Waals surface area contributed by atoms with Crippen LogP contribution < -0.4 is 20.2 Å². The Balaban J connectivity index is 0.000000123. The number of thiazole rings is 2. The average molecular weight is 1080 g/mol. The predicted molar refractivity (Wildman–Crippen MR) is 334 cm³/mol. The van der Waals surface area contributed by atoms with Gasteiger partial charge in [0.15, 0.2) is 0 Å². The Kier molecular flexibility index (Phi) is 12.2. The Labute approximate surface area is 484 Å². The van der Waals surface area contributed by atoms with Gasteiger partial charge in [0.1, 0.15) is 9.40 Å². The van der Waals surface area contributed by atoms with Gasteiger partial charge in [0, 0.05) is 28.6 Å². The molecule has 17 rings (SSSR count). The molecular formula is C73H46BeN4O2S2+2. The summed E-state index contributed by atoms with van der Waals surface area (Å²) in [5.41, 5.74) is 18.8. The number of nitrogens with one attached hydrogen (secondary N) is 2. The van der Waals surface area contributed by atoms with Crippen LogP contribution in [0.1, 0.15) is 33.4 Å². The molecule has 0 radical (unpaired) electrons. The topological polar surface area (TPSA) is 103 Å². The fourth-order valence-corrected chi connectivity index (χ4v) is 14.6. The van der Waals surface area contributed by atoms with Crippen LogP contribution in [0.4, 0.5) is 0 Å². The second kappa shape index (κ2) is 20.0. The molecule has 0 saturated heterocycles. The van der Waals surface area contributed by atoms with Crippen LogP contribution >= 0.6 is 22.7 Å². The molecule has 0 amide bonds. The Hall–Kier alpha value is -10.0. The molecule has 1 atom stereocenters. The number of benzene rings is 12. The molecule has 82 heavy (non-hydrogen) atoms. The summed E-state index contributed by atoms with van der Waals surface area (Å²) in [6.07, 6.45) is 0. The number of aryl methyl sites for hydroxylation is 1. The SMILES string of the molecule is Cc1ccc2c(c1)-c1cc3c(cc1C21c2ccccc2-c2cc(C#N)ccc21)c1ccccc1n3-c1ccccc1.[Be+2].[O-]c1cc2ccccc2cc1-c1[nH+]c2ccccc2s1.[O-]c1cc2ccccc2cc1-c1[nH+]c2ccccc2s1. The number of rotatable bonds is 3. The molecule has 2 N–H and O–H groups in total. The van der Waals surface area contributed by atoms with Gasteiger partial charge in [-0.15, -0.1) is 0 Å². The molecule has 9 heteroatoms. The van der Waals surface area contributed by atoms with Gasteiger partial charge in [0.25, 0.3) is 10.0 Å². The van der Waals surface area contributed by atoms with Gasteiger partial charge in [-0.2, -0.15) is 15.2 Å². The van der Waals surface area contributed by atoms with Crippen molar-refractivity contribution >= 4 is 96.6 Å². The number of fused-ring (bicyclic) bond motifs is 17. The summed E-state index contributed by atoms with van der Waals surface area (Å²) >= 11 is 3.24. The number of nitrogens with zero attached hydrogens (tertiary/aromatic N) is 2. The molecule has 0 saturated carbocycles. The first kappa shape index (κ1) is 50.2. The van der Waals surface area contributed by atoms with Gasteiger partial charge >= 0.3 is 10.1 Å². The molecule has 3 aromatic heterocycles. The largest absolute Gasteiger partial charge is 2.00 e. The summed E-state index contributed by atoms with van der Waals surface area (Å²) < 4.78 is 4.73. The van der Waals surface area contributed by atoms with E-state index in [-0.39, 0.29) is 21.6 Å². The van der Waals surface area contributed by atoms with E-state index < -0.39 is 5.41 Å². The monoisotopic (exact) mass is 1080 g/mol. The zero-order valence-corrected chi connectivity index (χ0v) is 46.0. The fourth-order valence-electron chi connectivity index (χ4n) is 12.6. The van der Waals surface area contributed by atoms with Crippen molar-refractivity contribution in [2.24, 2.45) is 0 Å². The molecular weight excluding hydrogens is 1040 g/mol. The van der Waals surface area contributed by atoms with Crippen molar-refractivity contribution in [3.05, 3.63) is 282 Å². The van der Waals surface area contributed by atoms with E-state index in [1.807, 2.05) is 103 Å². The van der Waals surface area contributed by atoms with E-state index in [1.54, 1.807) is 34.8 Å². The minimum absolute atomic E-state index is 0. The molecule has 1 spiro atoms. The molecule has 12 aromatic carbocycles. The van der Waals surface area contributed by atoms with Gasteiger partial charge in [-0.25, -0.2) is 0 Å². The number of nitriles is 1. The van der Waals surface area contributed by atoms with E-state index in [4.69, 9.17) is 0 Å². The first-order valence-corrected chi connectivity index (χ1v) is 28.6. The quantitative estimate of drug-likeness (QED) is 0.165. The maximum absolute atomic E-state index is 12.3. The summed E-state index contributed by atoms with van der Waals surface area (Å²) in [7, 11) is 0. The van der Waals surface area contributed by atoms with Crippen molar-refractivity contribution in [1.82, 2.24) is 4.57 Å². The zero-order chi connectivity index (χ0) is 54.3. The Bertz CT molecular complexity index is 4870. The van der Waals surface area contributed by atoms with Crippen molar-refractivity contribution in [1.29, 1.82) is 5.26 Å². The van der Waals surface area contributed by atoms with Crippen LogP contribution in [0.3, 0.4) is 0 Å². The zero-order valence-electron chi connectivity index (χ0n) is 44.4. The first-order chi connectivity index (χ1) is 39.8. The Morgan fingerprint density at radius 1 is 0.415 bits per heavy atom. The maximum Gasteiger partial charge on any atom is 2.00 e. The molecule has 382 valence electrons. The number of H-pyrrole nitrogens is 2. The smallest absolute Gasteiger partial charge is 0.872 e.